The van der Waals surface area contributed by atoms with Crippen molar-refractivity contribution in [2.75, 3.05) is 19.5 Å². The highest BCUT2D eigenvalue weighted by Crippen LogP contribution is 2.37. The van der Waals surface area contributed by atoms with Crippen molar-refractivity contribution in [3.63, 3.8) is 0 Å². The van der Waals surface area contributed by atoms with Gasteiger partial charge in [0.25, 0.3) is 0 Å². The molecule has 4 aromatic rings. The molecular formula is C28H25N2O3. The number of nitrogens with one attached hydrogen (secondary N) is 1. The topological polar surface area (TPSA) is 60.5 Å². The molecule has 1 heterocycles. The molecule has 1 aromatic heterocycles. The minimum absolute atomic E-state index is 0.158. The van der Waals surface area contributed by atoms with E-state index in [2.05, 4.69) is 10.3 Å². The van der Waals surface area contributed by atoms with Gasteiger partial charge in [-0.15, -0.1) is 0 Å². The third-order valence-electron chi connectivity index (χ3n) is 5.40. The maximum absolute atomic E-state index is 13.0. The van der Waals surface area contributed by atoms with Crippen LogP contribution >= 0.6 is 0 Å². The van der Waals surface area contributed by atoms with Crippen LogP contribution in [0.25, 0.3) is 11.1 Å². The molecule has 33 heavy (non-hydrogen) atoms. The Morgan fingerprint density at radius 2 is 1.42 bits per heavy atom. The highest BCUT2D eigenvalue weighted by atomic mass is 16.5. The lowest BCUT2D eigenvalue weighted by Crippen LogP contribution is -2.17. The van der Waals surface area contributed by atoms with Gasteiger partial charge in [0.05, 0.1) is 26.8 Å². The van der Waals surface area contributed by atoms with Crippen LogP contribution in [0.15, 0.2) is 97.3 Å². The zero-order valence-electron chi connectivity index (χ0n) is 18.6. The molecule has 0 spiro atoms. The van der Waals surface area contributed by atoms with Gasteiger partial charge in [0, 0.05) is 35.0 Å². The van der Waals surface area contributed by atoms with Crippen molar-refractivity contribution in [3.05, 3.63) is 115 Å². The SMILES string of the molecule is COc1cnccc1-c1ccc(NC(=O)[CH]C(c2ccccc2)c2ccccc2)cc1OC. The molecule has 0 aliphatic heterocycles. The smallest absolute Gasteiger partial charge is 0.229 e. The van der Waals surface area contributed by atoms with Gasteiger partial charge in [-0.2, -0.15) is 0 Å². The van der Waals surface area contributed by atoms with E-state index in [1.807, 2.05) is 78.9 Å². The summed E-state index contributed by atoms with van der Waals surface area (Å²) >= 11 is 0. The Kier molecular flexibility index (Phi) is 7.00. The van der Waals surface area contributed by atoms with Crippen LogP contribution < -0.4 is 14.8 Å². The summed E-state index contributed by atoms with van der Waals surface area (Å²) < 4.78 is 11.0. The van der Waals surface area contributed by atoms with E-state index in [0.29, 0.717) is 17.2 Å². The molecule has 5 nitrogen and oxygen atoms in total. The van der Waals surface area contributed by atoms with E-state index in [1.54, 1.807) is 39.1 Å². The van der Waals surface area contributed by atoms with Crippen LogP contribution in [0.2, 0.25) is 0 Å². The number of benzene rings is 3. The predicted molar refractivity (Wildman–Crippen MR) is 130 cm³/mol. The Hall–Kier alpha value is -4.12. The Bertz CT molecular complexity index is 1170. The van der Waals surface area contributed by atoms with Crippen molar-refractivity contribution in [3.8, 4) is 22.6 Å². The van der Waals surface area contributed by atoms with E-state index >= 15 is 0 Å². The minimum atomic E-state index is -0.191. The first-order chi connectivity index (χ1) is 16.2. The lowest BCUT2D eigenvalue weighted by Gasteiger charge is -2.18. The number of carbonyl (C=O) groups excluding carboxylic acids is 1. The standard InChI is InChI=1S/C28H25N2O3/c1-32-26-17-22(13-14-23(26)24-15-16-29-19-27(24)33-2)30-28(31)18-25(20-9-5-3-6-10-20)21-11-7-4-8-12-21/h3-19,25H,1-2H3,(H,30,31). The van der Waals surface area contributed by atoms with Crippen LogP contribution in [0.3, 0.4) is 0 Å². The van der Waals surface area contributed by atoms with Crippen LogP contribution in [0.1, 0.15) is 17.0 Å². The molecular weight excluding hydrogens is 412 g/mol. The summed E-state index contributed by atoms with van der Waals surface area (Å²) in [4.78, 5) is 17.1. The van der Waals surface area contributed by atoms with Gasteiger partial charge >= 0.3 is 0 Å². The van der Waals surface area contributed by atoms with E-state index in [-0.39, 0.29) is 11.8 Å². The average Bonchev–Trinajstić information content (AvgIpc) is 2.88. The van der Waals surface area contributed by atoms with Crippen molar-refractivity contribution < 1.29 is 14.3 Å². The molecule has 1 N–H and O–H groups in total. The maximum Gasteiger partial charge on any atom is 0.229 e. The molecule has 0 unspecified atom stereocenters. The molecule has 0 aliphatic rings. The summed E-state index contributed by atoms with van der Waals surface area (Å²) in [5, 5.41) is 2.98. The number of pyridine rings is 1. The minimum Gasteiger partial charge on any atom is -0.496 e. The normalized spacial score (nSPS) is 10.6. The zero-order valence-corrected chi connectivity index (χ0v) is 18.6. The van der Waals surface area contributed by atoms with E-state index in [1.165, 1.54) is 0 Å². The first kappa shape index (κ1) is 22.1. The quantitative estimate of drug-likeness (QED) is 0.382. The first-order valence-electron chi connectivity index (χ1n) is 10.6. The van der Waals surface area contributed by atoms with Crippen LogP contribution in [-0.2, 0) is 4.79 Å². The average molecular weight is 438 g/mol. The van der Waals surface area contributed by atoms with Crippen LogP contribution in [-0.4, -0.2) is 25.1 Å². The van der Waals surface area contributed by atoms with Crippen molar-refractivity contribution in [1.29, 1.82) is 0 Å². The Balaban J connectivity index is 1.56. The molecule has 0 saturated heterocycles. The third kappa shape index (κ3) is 5.21. The molecule has 0 saturated carbocycles. The highest BCUT2D eigenvalue weighted by Gasteiger charge is 2.19. The van der Waals surface area contributed by atoms with E-state index < -0.39 is 0 Å². The van der Waals surface area contributed by atoms with E-state index in [9.17, 15) is 4.79 Å². The number of carbonyl (C=O) groups is 1. The van der Waals surface area contributed by atoms with Crippen LogP contribution in [0.5, 0.6) is 11.5 Å². The molecule has 5 heteroatoms. The molecule has 4 rings (SSSR count). The Labute approximate surface area is 194 Å². The van der Waals surface area contributed by atoms with Gasteiger partial charge in [-0.1, -0.05) is 60.7 Å². The number of aromatic nitrogens is 1. The van der Waals surface area contributed by atoms with Gasteiger partial charge in [0.1, 0.15) is 11.5 Å². The fourth-order valence-electron chi connectivity index (χ4n) is 3.80. The van der Waals surface area contributed by atoms with Gasteiger partial charge in [0.2, 0.25) is 5.91 Å². The fraction of sp³-hybridized carbons (Fsp3) is 0.107. The van der Waals surface area contributed by atoms with Gasteiger partial charge in [0.15, 0.2) is 0 Å². The lowest BCUT2D eigenvalue weighted by molar-refractivity contribution is -0.113. The maximum atomic E-state index is 13.0. The zero-order chi connectivity index (χ0) is 23.0. The number of methoxy groups -OCH3 is 2. The largest absolute Gasteiger partial charge is 0.496 e. The number of rotatable bonds is 8. The first-order valence-corrected chi connectivity index (χ1v) is 10.6. The predicted octanol–water partition coefficient (Wildman–Crippen LogP) is 5.74. The van der Waals surface area contributed by atoms with E-state index in [4.69, 9.17) is 9.47 Å². The second-order valence-electron chi connectivity index (χ2n) is 7.45. The molecule has 0 bridgehead atoms. The number of hydrogen-bond donors (Lipinski definition) is 1. The number of nitrogens with zero attached hydrogens (tertiary/aromatic N) is 1. The van der Waals surface area contributed by atoms with Gasteiger partial charge < -0.3 is 14.8 Å². The highest BCUT2D eigenvalue weighted by molar-refractivity contribution is 5.99. The third-order valence-corrected chi connectivity index (χ3v) is 5.40. The van der Waals surface area contributed by atoms with Crippen molar-refractivity contribution in [1.82, 2.24) is 4.98 Å². The lowest BCUT2D eigenvalue weighted by atomic mass is 9.88. The summed E-state index contributed by atoms with van der Waals surface area (Å²) in [5.74, 6) is 0.924. The number of amides is 1. The summed E-state index contributed by atoms with van der Waals surface area (Å²) in [6, 6.07) is 27.4. The molecule has 0 aliphatic carbocycles. The Morgan fingerprint density at radius 1 is 0.818 bits per heavy atom. The second kappa shape index (κ2) is 10.5. The monoisotopic (exact) mass is 437 g/mol. The molecule has 165 valence electrons. The molecule has 1 radical (unpaired) electrons. The summed E-state index contributed by atoms with van der Waals surface area (Å²) in [7, 11) is 3.21. The summed E-state index contributed by atoms with van der Waals surface area (Å²) in [6.07, 6.45) is 5.07. The van der Waals surface area contributed by atoms with Crippen molar-refractivity contribution in [2.24, 2.45) is 0 Å². The summed E-state index contributed by atoms with van der Waals surface area (Å²) in [5.41, 5.74) is 4.46. The number of hydrogen-bond acceptors (Lipinski definition) is 4. The Morgan fingerprint density at radius 3 is 2.03 bits per heavy atom. The second-order valence-corrected chi connectivity index (χ2v) is 7.45. The molecule has 3 aromatic carbocycles. The van der Waals surface area contributed by atoms with E-state index in [0.717, 1.165) is 22.3 Å². The number of ether oxygens (including phenoxy) is 2. The summed E-state index contributed by atoms with van der Waals surface area (Å²) in [6.45, 7) is 0. The molecule has 0 fully saturated rings. The van der Waals surface area contributed by atoms with Crippen LogP contribution in [0, 0.1) is 6.42 Å². The molecule has 0 atom stereocenters. The van der Waals surface area contributed by atoms with Crippen LogP contribution in [0.4, 0.5) is 5.69 Å². The van der Waals surface area contributed by atoms with Crippen molar-refractivity contribution in [2.45, 2.75) is 5.92 Å². The van der Waals surface area contributed by atoms with Gasteiger partial charge in [-0.25, -0.2) is 0 Å². The van der Waals surface area contributed by atoms with Gasteiger partial charge in [-0.3, -0.25) is 9.78 Å². The molecule has 1 amide bonds. The fourth-order valence-corrected chi connectivity index (χ4v) is 3.80. The van der Waals surface area contributed by atoms with Crippen molar-refractivity contribution >= 4 is 11.6 Å². The number of anilines is 1. The van der Waals surface area contributed by atoms with Gasteiger partial charge in [-0.05, 0) is 29.3 Å².